The van der Waals surface area contributed by atoms with Gasteiger partial charge in [-0.1, -0.05) is 251 Å². The molecule has 0 saturated carbocycles. The molecule has 0 aliphatic heterocycles. The molecule has 0 aliphatic carbocycles. The largest absolute Gasteiger partial charge is 0.0533 e. The highest BCUT2D eigenvalue weighted by Crippen LogP contribution is 2.17. The van der Waals surface area contributed by atoms with Gasteiger partial charge in [-0.15, -0.1) is 0 Å². The molecule has 0 spiro atoms. The Morgan fingerprint density at radius 1 is 0.128 bits per heavy atom. The molecule has 0 unspecified atom stereocenters. The molecule has 2 radical (unpaired) electrons. The van der Waals surface area contributed by atoms with Crippen molar-refractivity contribution in [3.63, 3.8) is 0 Å². The molecule has 0 atom stereocenters. The van der Waals surface area contributed by atoms with Crippen molar-refractivity contribution in [2.24, 2.45) is 0 Å². The van der Waals surface area contributed by atoms with Gasteiger partial charge in [0.15, 0.2) is 0 Å². The minimum Gasteiger partial charge on any atom is -0.0533 e. The van der Waals surface area contributed by atoms with Crippen LogP contribution in [0.2, 0.25) is 0 Å². The molecule has 234 valence electrons. The van der Waals surface area contributed by atoms with Crippen LogP contribution in [-0.4, -0.2) is 0 Å². The monoisotopic (exact) mass is 547 g/mol. The van der Waals surface area contributed by atoms with Gasteiger partial charge in [0.05, 0.1) is 0 Å². The van der Waals surface area contributed by atoms with E-state index in [4.69, 9.17) is 0 Å². The van der Waals surface area contributed by atoms with E-state index in [1.165, 1.54) is 225 Å². The predicted octanol–water partition coefficient (Wildman–Crippen LogP) is 15.1. The maximum atomic E-state index is 3.93. The molecule has 0 amide bonds. The third-order valence-corrected chi connectivity index (χ3v) is 9.00. The first-order valence-electron chi connectivity index (χ1n) is 19.0. The fourth-order valence-corrected chi connectivity index (χ4v) is 6.19. The summed E-state index contributed by atoms with van der Waals surface area (Å²) in [5, 5.41) is 0. The lowest BCUT2D eigenvalue weighted by Crippen LogP contribution is -1.85. The summed E-state index contributed by atoms with van der Waals surface area (Å²) in [5.41, 5.74) is 0. The van der Waals surface area contributed by atoms with Crippen LogP contribution in [0.5, 0.6) is 0 Å². The van der Waals surface area contributed by atoms with Crippen molar-refractivity contribution in [1.82, 2.24) is 0 Å². The van der Waals surface area contributed by atoms with Crippen molar-refractivity contribution < 1.29 is 0 Å². The molecule has 0 heteroatoms. The highest BCUT2D eigenvalue weighted by Gasteiger charge is 1.97. The summed E-state index contributed by atoms with van der Waals surface area (Å²) >= 11 is 0. The van der Waals surface area contributed by atoms with Crippen molar-refractivity contribution in [2.75, 3.05) is 0 Å². The number of rotatable bonds is 36. The molecule has 0 aliphatic rings. The van der Waals surface area contributed by atoms with Gasteiger partial charge in [-0.3, -0.25) is 0 Å². The van der Waals surface area contributed by atoms with Crippen LogP contribution >= 0.6 is 0 Å². The van der Waals surface area contributed by atoms with Crippen LogP contribution in [0.15, 0.2) is 0 Å². The van der Waals surface area contributed by atoms with Gasteiger partial charge >= 0.3 is 0 Å². The fraction of sp³-hybridized carbons (Fsp3) is 0.949. The summed E-state index contributed by atoms with van der Waals surface area (Å²) in [7, 11) is 0. The Balaban J connectivity index is 3.01. The van der Waals surface area contributed by atoms with Gasteiger partial charge in [-0.2, -0.15) is 0 Å². The van der Waals surface area contributed by atoms with E-state index in [-0.39, 0.29) is 0 Å². The zero-order valence-electron chi connectivity index (χ0n) is 27.6. The molecule has 39 heavy (non-hydrogen) atoms. The quantitative estimate of drug-likeness (QED) is 0.0685. The molecule has 0 saturated heterocycles. The van der Waals surface area contributed by atoms with Crippen molar-refractivity contribution in [2.45, 2.75) is 238 Å². The molecule has 0 heterocycles. The summed E-state index contributed by atoms with van der Waals surface area (Å²) in [6.45, 7) is 7.86. The van der Waals surface area contributed by atoms with Crippen LogP contribution in [0.3, 0.4) is 0 Å². The summed E-state index contributed by atoms with van der Waals surface area (Å²) < 4.78 is 0. The third-order valence-electron chi connectivity index (χ3n) is 9.00. The second kappa shape index (κ2) is 38.0. The van der Waals surface area contributed by atoms with E-state index >= 15 is 0 Å². The molecule has 0 aromatic heterocycles. The van der Waals surface area contributed by atoms with Crippen LogP contribution in [0.1, 0.15) is 238 Å². The Morgan fingerprint density at radius 3 is 0.282 bits per heavy atom. The first-order valence-corrected chi connectivity index (χ1v) is 19.0. The Bertz CT molecular complexity index is 349. The smallest absolute Gasteiger partial charge is 0.0533 e. The highest BCUT2D eigenvalue weighted by atomic mass is 14.0. The number of hydrogen-bond donors (Lipinski definition) is 0. The average molecular weight is 547 g/mol. The van der Waals surface area contributed by atoms with Crippen molar-refractivity contribution in [3.8, 4) is 0 Å². The van der Waals surface area contributed by atoms with Gasteiger partial charge in [0.1, 0.15) is 0 Å². The van der Waals surface area contributed by atoms with E-state index in [9.17, 15) is 0 Å². The molecule has 0 rings (SSSR count). The van der Waals surface area contributed by atoms with Gasteiger partial charge in [0, 0.05) is 0 Å². The van der Waals surface area contributed by atoms with E-state index in [2.05, 4.69) is 13.8 Å². The number of unbranched alkanes of at least 4 members (excludes halogenated alkanes) is 36. The third kappa shape index (κ3) is 38.0. The van der Waals surface area contributed by atoms with E-state index in [0.29, 0.717) is 0 Å². The first kappa shape index (κ1) is 39.0. The predicted molar refractivity (Wildman–Crippen MR) is 182 cm³/mol. The summed E-state index contributed by atoms with van der Waals surface area (Å²) in [5.74, 6) is 0. The molecule has 0 nitrogen and oxygen atoms in total. The van der Waals surface area contributed by atoms with Crippen molar-refractivity contribution >= 4 is 0 Å². The maximum Gasteiger partial charge on any atom is -0.0533 e. The number of hydrogen-bond acceptors (Lipinski definition) is 0. The molecule has 0 N–H and O–H groups in total. The normalized spacial score (nSPS) is 11.5. The van der Waals surface area contributed by atoms with Crippen LogP contribution in [0.4, 0.5) is 0 Å². The van der Waals surface area contributed by atoms with Crippen LogP contribution in [-0.2, 0) is 0 Å². The van der Waals surface area contributed by atoms with Crippen LogP contribution < -0.4 is 0 Å². The topological polar surface area (TPSA) is 0 Å². The molecule has 0 aromatic carbocycles. The molecule has 0 aromatic rings. The van der Waals surface area contributed by atoms with Gasteiger partial charge < -0.3 is 0 Å². The summed E-state index contributed by atoms with van der Waals surface area (Å²) in [4.78, 5) is 0. The minimum atomic E-state index is 1.12. The second-order valence-corrected chi connectivity index (χ2v) is 13.1. The molecular weight excluding hydrogens is 468 g/mol. The molecule has 0 fully saturated rings. The molecular formula is C39H78. The Morgan fingerprint density at radius 2 is 0.205 bits per heavy atom. The molecule has 0 bridgehead atoms. The van der Waals surface area contributed by atoms with Gasteiger partial charge in [-0.05, 0) is 0 Å². The average Bonchev–Trinajstić information content (AvgIpc) is 2.95. The standard InChI is InChI=1S/C39H78/c1-3-5-7-9-11-13-15-17-19-21-23-25-27-29-31-33-35-37-39-38-36-34-32-30-28-26-24-22-20-18-16-14-12-10-8-6-4-2/h1-39H2. The Kier molecular flexibility index (Phi) is 38.0. The van der Waals surface area contributed by atoms with Crippen LogP contribution in [0.25, 0.3) is 0 Å². The van der Waals surface area contributed by atoms with Gasteiger partial charge in [0.2, 0.25) is 0 Å². The first-order chi connectivity index (χ1) is 19.4. The lowest BCUT2D eigenvalue weighted by molar-refractivity contribution is 0.510. The fourth-order valence-electron chi connectivity index (χ4n) is 6.19. The van der Waals surface area contributed by atoms with Crippen molar-refractivity contribution in [3.05, 3.63) is 13.8 Å². The lowest BCUT2D eigenvalue weighted by atomic mass is 10.0. The van der Waals surface area contributed by atoms with E-state index < -0.39 is 0 Å². The van der Waals surface area contributed by atoms with E-state index in [0.717, 1.165) is 12.8 Å². The lowest BCUT2D eigenvalue weighted by Gasteiger charge is -2.05. The maximum absolute atomic E-state index is 3.93. The summed E-state index contributed by atoms with van der Waals surface area (Å²) in [6.07, 6.45) is 53.6. The Hall–Kier alpha value is 0. The second-order valence-electron chi connectivity index (χ2n) is 13.1. The zero-order chi connectivity index (χ0) is 28.2. The van der Waals surface area contributed by atoms with Crippen molar-refractivity contribution in [1.29, 1.82) is 0 Å². The van der Waals surface area contributed by atoms with Gasteiger partial charge in [-0.25, -0.2) is 0 Å². The van der Waals surface area contributed by atoms with Gasteiger partial charge in [0.25, 0.3) is 0 Å². The minimum absolute atomic E-state index is 1.12. The SMILES string of the molecule is [CH2]CCCCCCCCCCCCCCCCCCCCCCCCCCCCCCCCCCCCC[CH2]. The van der Waals surface area contributed by atoms with E-state index in [1.54, 1.807) is 0 Å². The van der Waals surface area contributed by atoms with Crippen LogP contribution in [0, 0.1) is 13.8 Å². The zero-order valence-corrected chi connectivity index (χ0v) is 27.6. The highest BCUT2D eigenvalue weighted by molar-refractivity contribution is 4.53. The summed E-state index contributed by atoms with van der Waals surface area (Å²) in [6, 6.07) is 0. The Labute approximate surface area is 251 Å². The van der Waals surface area contributed by atoms with E-state index in [1.807, 2.05) is 0 Å².